The third-order valence-corrected chi connectivity index (χ3v) is 4.17. The summed E-state index contributed by atoms with van der Waals surface area (Å²) >= 11 is 0. The highest BCUT2D eigenvalue weighted by atomic mass is 16.6. The highest BCUT2D eigenvalue weighted by Gasteiger charge is 2.29. The van der Waals surface area contributed by atoms with Crippen molar-refractivity contribution in [1.29, 1.82) is 0 Å². The second-order valence-corrected chi connectivity index (χ2v) is 6.24. The molecule has 134 valence electrons. The van der Waals surface area contributed by atoms with E-state index >= 15 is 0 Å². The number of hydrogen-bond donors (Lipinski definition) is 1. The van der Waals surface area contributed by atoms with Gasteiger partial charge in [-0.2, -0.15) is 0 Å². The number of non-ortho nitro benzene ring substituents is 1. The Kier molecular flexibility index (Phi) is 4.97. The Balaban J connectivity index is 1.62. The van der Waals surface area contributed by atoms with E-state index < -0.39 is 17.0 Å². The summed E-state index contributed by atoms with van der Waals surface area (Å²) in [6, 6.07) is 12.4. The lowest BCUT2D eigenvalue weighted by Gasteiger charge is -2.14. The molecule has 1 fully saturated rings. The highest BCUT2D eigenvalue weighted by Crippen LogP contribution is 2.30. The summed E-state index contributed by atoms with van der Waals surface area (Å²) in [6.07, 6.45) is 1.22. The summed E-state index contributed by atoms with van der Waals surface area (Å²) in [5, 5.41) is 13.6. The maximum Gasteiger partial charge on any atom is 0.338 e. The van der Waals surface area contributed by atoms with Gasteiger partial charge < -0.3 is 10.1 Å². The summed E-state index contributed by atoms with van der Waals surface area (Å²) in [7, 11) is 0. The molecule has 1 amide bonds. The third-order valence-electron chi connectivity index (χ3n) is 4.17. The minimum Gasteiger partial charge on any atom is -0.454 e. The number of benzene rings is 2. The molecule has 0 radical (unpaired) electrons. The monoisotopic (exact) mass is 354 g/mol. The van der Waals surface area contributed by atoms with Crippen LogP contribution in [0.3, 0.4) is 0 Å². The number of rotatable bonds is 6. The minimum atomic E-state index is -0.628. The topological polar surface area (TPSA) is 98.5 Å². The molecule has 1 atom stereocenters. The van der Waals surface area contributed by atoms with Crippen LogP contribution >= 0.6 is 0 Å². The van der Waals surface area contributed by atoms with Crippen LogP contribution in [0.15, 0.2) is 48.5 Å². The zero-order chi connectivity index (χ0) is 18.7. The van der Waals surface area contributed by atoms with Gasteiger partial charge in [-0.05, 0) is 49.6 Å². The van der Waals surface area contributed by atoms with Crippen LogP contribution in [0.5, 0.6) is 0 Å². The Labute approximate surface area is 150 Å². The molecule has 3 rings (SSSR count). The lowest BCUT2D eigenvalue weighted by atomic mass is 10.1. The van der Waals surface area contributed by atoms with Gasteiger partial charge in [0.2, 0.25) is 5.91 Å². The smallest absolute Gasteiger partial charge is 0.338 e. The molecule has 0 aromatic heterocycles. The average molecular weight is 354 g/mol. The van der Waals surface area contributed by atoms with Crippen molar-refractivity contribution < 1.29 is 19.2 Å². The van der Waals surface area contributed by atoms with Crippen LogP contribution in [-0.4, -0.2) is 16.8 Å². The SMILES string of the molecule is CC(OC(=O)c1ccc(NC(=O)C2CC2)cc1)c1cccc([N+](=O)[O-])c1. The summed E-state index contributed by atoms with van der Waals surface area (Å²) < 4.78 is 5.38. The van der Waals surface area contributed by atoms with Crippen LogP contribution in [-0.2, 0) is 9.53 Å². The van der Waals surface area contributed by atoms with E-state index in [-0.39, 0.29) is 17.5 Å². The van der Waals surface area contributed by atoms with Gasteiger partial charge in [-0.1, -0.05) is 12.1 Å². The van der Waals surface area contributed by atoms with Crippen LogP contribution in [0.25, 0.3) is 0 Å². The van der Waals surface area contributed by atoms with Crippen molar-refractivity contribution in [3.63, 3.8) is 0 Å². The van der Waals surface area contributed by atoms with E-state index in [9.17, 15) is 19.7 Å². The van der Waals surface area contributed by atoms with Gasteiger partial charge in [0, 0.05) is 23.7 Å². The third kappa shape index (κ3) is 4.24. The lowest BCUT2D eigenvalue weighted by Crippen LogP contribution is -2.13. The maximum atomic E-state index is 12.3. The molecule has 1 aliphatic rings. The van der Waals surface area contributed by atoms with Gasteiger partial charge in [0.1, 0.15) is 6.10 Å². The van der Waals surface area contributed by atoms with Crippen LogP contribution in [0.4, 0.5) is 11.4 Å². The summed E-state index contributed by atoms with van der Waals surface area (Å²) in [6.45, 7) is 1.65. The molecule has 0 aliphatic heterocycles. The van der Waals surface area contributed by atoms with Gasteiger partial charge in [-0.15, -0.1) is 0 Å². The Hall–Kier alpha value is -3.22. The Morgan fingerprint density at radius 2 is 1.88 bits per heavy atom. The average Bonchev–Trinajstić information content (AvgIpc) is 3.47. The van der Waals surface area contributed by atoms with E-state index in [1.807, 2.05) is 0 Å². The number of carbonyl (C=O) groups excluding carboxylic acids is 2. The molecule has 7 nitrogen and oxygen atoms in total. The fraction of sp³-hybridized carbons (Fsp3) is 0.263. The summed E-state index contributed by atoms with van der Waals surface area (Å²) in [5.41, 5.74) is 1.46. The molecule has 0 spiro atoms. The van der Waals surface area contributed by atoms with Crippen molar-refractivity contribution in [2.75, 3.05) is 5.32 Å². The van der Waals surface area contributed by atoms with Crippen LogP contribution in [0.1, 0.15) is 41.8 Å². The molecule has 1 unspecified atom stereocenters. The molecule has 0 saturated heterocycles. The van der Waals surface area contributed by atoms with E-state index in [1.54, 1.807) is 43.3 Å². The molecule has 0 heterocycles. The molecular weight excluding hydrogens is 336 g/mol. The van der Waals surface area contributed by atoms with Gasteiger partial charge in [0.25, 0.3) is 5.69 Å². The lowest BCUT2D eigenvalue weighted by molar-refractivity contribution is -0.385. The van der Waals surface area contributed by atoms with Crippen LogP contribution in [0.2, 0.25) is 0 Å². The highest BCUT2D eigenvalue weighted by molar-refractivity contribution is 5.95. The number of nitro benzene ring substituents is 1. The molecule has 2 aromatic carbocycles. The van der Waals surface area contributed by atoms with Crippen LogP contribution in [0, 0.1) is 16.0 Å². The predicted molar refractivity (Wildman–Crippen MR) is 94.7 cm³/mol. The first-order valence-corrected chi connectivity index (χ1v) is 8.30. The second kappa shape index (κ2) is 7.35. The van der Waals surface area contributed by atoms with Gasteiger partial charge in [0.05, 0.1) is 10.5 Å². The molecular formula is C19H18N2O5. The van der Waals surface area contributed by atoms with Crippen molar-refractivity contribution in [2.24, 2.45) is 5.92 Å². The zero-order valence-corrected chi connectivity index (χ0v) is 14.2. The van der Waals surface area contributed by atoms with Crippen molar-refractivity contribution in [1.82, 2.24) is 0 Å². The first kappa shape index (κ1) is 17.6. The van der Waals surface area contributed by atoms with Gasteiger partial charge in [0.15, 0.2) is 0 Å². The molecule has 1 saturated carbocycles. The summed E-state index contributed by atoms with van der Waals surface area (Å²) in [4.78, 5) is 34.3. The van der Waals surface area contributed by atoms with E-state index in [4.69, 9.17) is 4.74 Å². The Bertz CT molecular complexity index is 843. The molecule has 2 aromatic rings. The van der Waals surface area contributed by atoms with Crippen LogP contribution < -0.4 is 5.32 Å². The predicted octanol–water partition coefficient (Wildman–Crippen LogP) is 3.86. The molecule has 7 heteroatoms. The number of anilines is 1. The van der Waals surface area contributed by atoms with E-state index in [1.165, 1.54) is 12.1 Å². The van der Waals surface area contributed by atoms with Crippen molar-refractivity contribution in [2.45, 2.75) is 25.9 Å². The van der Waals surface area contributed by atoms with Gasteiger partial charge >= 0.3 is 5.97 Å². The fourth-order valence-corrected chi connectivity index (χ4v) is 2.47. The van der Waals surface area contributed by atoms with E-state index in [0.29, 0.717) is 16.8 Å². The summed E-state index contributed by atoms with van der Waals surface area (Å²) in [5.74, 6) is -0.431. The fourth-order valence-electron chi connectivity index (χ4n) is 2.47. The number of nitrogens with one attached hydrogen (secondary N) is 1. The number of amides is 1. The van der Waals surface area contributed by atoms with Crippen molar-refractivity contribution in [3.8, 4) is 0 Å². The molecule has 1 N–H and O–H groups in total. The number of nitro groups is 1. The minimum absolute atomic E-state index is 0.000351. The first-order valence-electron chi connectivity index (χ1n) is 8.30. The first-order chi connectivity index (χ1) is 12.4. The molecule has 26 heavy (non-hydrogen) atoms. The Morgan fingerprint density at radius 3 is 2.50 bits per heavy atom. The second-order valence-electron chi connectivity index (χ2n) is 6.24. The number of nitrogens with zero attached hydrogens (tertiary/aromatic N) is 1. The zero-order valence-electron chi connectivity index (χ0n) is 14.2. The van der Waals surface area contributed by atoms with Gasteiger partial charge in [-0.3, -0.25) is 14.9 Å². The number of esters is 1. The molecule has 0 bridgehead atoms. The number of hydrogen-bond acceptors (Lipinski definition) is 5. The quantitative estimate of drug-likeness (QED) is 0.482. The standard InChI is InChI=1S/C19H18N2O5/c1-12(15-3-2-4-17(11-15)21(24)25)26-19(23)14-7-9-16(10-8-14)20-18(22)13-5-6-13/h2-4,7-13H,5-6H2,1H3,(H,20,22). The van der Waals surface area contributed by atoms with E-state index in [2.05, 4.69) is 5.32 Å². The maximum absolute atomic E-state index is 12.3. The van der Waals surface area contributed by atoms with E-state index in [0.717, 1.165) is 12.8 Å². The Morgan fingerprint density at radius 1 is 1.19 bits per heavy atom. The normalized spacial score (nSPS) is 14.3. The number of ether oxygens (including phenoxy) is 1. The molecule has 1 aliphatic carbocycles. The van der Waals surface area contributed by atoms with Crippen molar-refractivity contribution >= 4 is 23.3 Å². The van der Waals surface area contributed by atoms with Gasteiger partial charge in [-0.25, -0.2) is 4.79 Å². The largest absolute Gasteiger partial charge is 0.454 e. The number of carbonyl (C=O) groups is 2. The van der Waals surface area contributed by atoms with Crippen molar-refractivity contribution in [3.05, 3.63) is 69.8 Å².